The number of nitrogens with one attached hydrogen (secondary N) is 1. The Morgan fingerprint density at radius 3 is 2.94 bits per heavy atom. The van der Waals surface area contributed by atoms with Crippen LogP contribution in [-0.4, -0.2) is 4.98 Å². The van der Waals surface area contributed by atoms with Crippen molar-refractivity contribution in [1.82, 2.24) is 4.98 Å². The Balaban J connectivity index is 2.17. The van der Waals surface area contributed by atoms with Gasteiger partial charge < -0.3 is 11.1 Å². The van der Waals surface area contributed by atoms with Gasteiger partial charge in [0.25, 0.3) is 0 Å². The fraction of sp³-hybridized carbons (Fsp3) is 0.167. The highest BCUT2D eigenvalue weighted by molar-refractivity contribution is 7.07. The van der Waals surface area contributed by atoms with Crippen LogP contribution in [0.4, 0.5) is 11.5 Å². The molecule has 1 atom stereocenters. The Labute approximate surface area is 104 Å². The molecule has 2 aromatic heterocycles. The average molecular weight is 244 g/mol. The van der Waals surface area contributed by atoms with Crippen molar-refractivity contribution in [2.24, 2.45) is 0 Å². The van der Waals surface area contributed by atoms with Gasteiger partial charge in [-0.15, -0.1) is 0 Å². The van der Waals surface area contributed by atoms with Gasteiger partial charge in [-0.1, -0.05) is 0 Å². The Morgan fingerprint density at radius 1 is 1.47 bits per heavy atom. The Bertz CT molecular complexity index is 542. The first-order chi connectivity index (χ1) is 8.20. The van der Waals surface area contributed by atoms with Crippen molar-refractivity contribution in [2.75, 3.05) is 11.1 Å². The summed E-state index contributed by atoms with van der Waals surface area (Å²) in [5.74, 6) is 0.662. The van der Waals surface area contributed by atoms with Crippen molar-refractivity contribution in [2.45, 2.75) is 13.0 Å². The van der Waals surface area contributed by atoms with E-state index in [9.17, 15) is 0 Å². The van der Waals surface area contributed by atoms with Crippen LogP contribution >= 0.6 is 11.3 Å². The van der Waals surface area contributed by atoms with E-state index in [-0.39, 0.29) is 11.7 Å². The molecule has 0 spiro atoms. The molecule has 2 heterocycles. The highest BCUT2D eigenvalue weighted by Gasteiger charge is 2.07. The van der Waals surface area contributed by atoms with Crippen LogP contribution in [0.3, 0.4) is 0 Å². The van der Waals surface area contributed by atoms with E-state index >= 15 is 0 Å². The summed E-state index contributed by atoms with van der Waals surface area (Å²) >= 11 is 1.66. The zero-order chi connectivity index (χ0) is 12.3. The molecule has 0 fully saturated rings. The number of nitrogens with two attached hydrogens (primary N) is 1. The van der Waals surface area contributed by atoms with Crippen LogP contribution in [0.1, 0.15) is 24.2 Å². The van der Waals surface area contributed by atoms with Gasteiger partial charge in [0.1, 0.15) is 11.9 Å². The smallest absolute Gasteiger partial charge is 0.165 e. The lowest BCUT2D eigenvalue weighted by atomic mass is 10.2. The van der Waals surface area contributed by atoms with Crippen LogP contribution in [0.5, 0.6) is 0 Å². The maximum atomic E-state index is 8.84. The molecule has 1 unspecified atom stereocenters. The first kappa shape index (κ1) is 11.4. The molecule has 0 aliphatic heterocycles. The van der Waals surface area contributed by atoms with E-state index < -0.39 is 0 Å². The molecule has 2 rings (SSSR count). The summed E-state index contributed by atoms with van der Waals surface area (Å²) < 4.78 is 0. The lowest BCUT2D eigenvalue weighted by Crippen LogP contribution is -2.08. The van der Waals surface area contributed by atoms with Crippen molar-refractivity contribution in [1.29, 1.82) is 5.26 Å². The summed E-state index contributed by atoms with van der Waals surface area (Å²) in [7, 11) is 0. The minimum atomic E-state index is 0.156. The summed E-state index contributed by atoms with van der Waals surface area (Å²) in [5, 5.41) is 16.2. The standard InChI is InChI=1S/C12H12N4S/c1-8(9-4-5-17-7-9)15-12-3-2-10(14)11(6-13)16-12/h2-5,7-8H,14H2,1H3,(H,15,16). The lowest BCUT2D eigenvalue weighted by Gasteiger charge is -2.13. The Hall–Kier alpha value is -2.06. The number of aromatic nitrogens is 1. The fourth-order valence-electron chi connectivity index (χ4n) is 1.47. The Kier molecular flexibility index (Phi) is 3.26. The topological polar surface area (TPSA) is 74.7 Å². The van der Waals surface area contributed by atoms with Crippen molar-refractivity contribution in [3.05, 3.63) is 40.2 Å². The molecule has 0 saturated carbocycles. The van der Waals surface area contributed by atoms with Crippen molar-refractivity contribution >= 4 is 22.8 Å². The van der Waals surface area contributed by atoms with Crippen molar-refractivity contribution < 1.29 is 0 Å². The van der Waals surface area contributed by atoms with E-state index in [2.05, 4.69) is 21.7 Å². The predicted octanol–water partition coefficient (Wildman–Crippen LogP) is 2.77. The molecule has 0 aromatic carbocycles. The molecule has 0 amide bonds. The SMILES string of the molecule is CC(Nc1ccc(N)c(C#N)n1)c1ccsc1. The van der Waals surface area contributed by atoms with E-state index in [0.29, 0.717) is 11.5 Å². The van der Waals surface area contributed by atoms with Crippen molar-refractivity contribution in [3.63, 3.8) is 0 Å². The number of nitriles is 1. The van der Waals surface area contributed by atoms with E-state index in [0.717, 1.165) is 0 Å². The van der Waals surface area contributed by atoms with Gasteiger partial charge in [0.05, 0.1) is 11.7 Å². The normalized spacial score (nSPS) is 11.8. The zero-order valence-electron chi connectivity index (χ0n) is 9.34. The highest BCUT2D eigenvalue weighted by atomic mass is 32.1. The monoisotopic (exact) mass is 244 g/mol. The van der Waals surface area contributed by atoms with Crippen LogP contribution in [-0.2, 0) is 0 Å². The molecule has 0 aliphatic carbocycles. The maximum Gasteiger partial charge on any atom is 0.165 e. The van der Waals surface area contributed by atoms with Crippen LogP contribution < -0.4 is 11.1 Å². The van der Waals surface area contributed by atoms with Gasteiger partial charge in [0.2, 0.25) is 0 Å². The van der Waals surface area contributed by atoms with Crippen LogP contribution in [0, 0.1) is 11.3 Å². The Morgan fingerprint density at radius 2 is 2.29 bits per heavy atom. The summed E-state index contributed by atoms with van der Waals surface area (Å²) in [6.07, 6.45) is 0. The second-order valence-corrected chi connectivity index (χ2v) is 4.45. The van der Waals surface area contributed by atoms with Gasteiger partial charge >= 0.3 is 0 Å². The van der Waals surface area contributed by atoms with Gasteiger partial charge in [0, 0.05) is 0 Å². The third-order valence-electron chi connectivity index (χ3n) is 2.44. The first-order valence-electron chi connectivity index (χ1n) is 5.16. The molecule has 17 heavy (non-hydrogen) atoms. The highest BCUT2D eigenvalue weighted by Crippen LogP contribution is 2.21. The number of anilines is 2. The van der Waals surface area contributed by atoms with Crippen LogP contribution in [0.25, 0.3) is 0 Å². The van der Waals surface area contributed by atoms with Crippen molar-refractivity contribution in [3.8, 4) is 6.07 Å². The second kappa shape index (κ2) is 4.85. The second-order valence-electron chi connectivity index (χ2n) is 3.67. The number of hydrogen-bond acceptors (Lipinski definition) is 5. The number of nitrogens with zero attached hydrogens (tertiary/aromatic N) is 2. The van der Waals surface area contributed by atoms with Gasteiger partial charge in [0.15, 0.2) is 5.69 Å². The number of rotatable bonds is 3. The third-order valence-corrected chi connectivity index (χ3v) is 3.14. The molecule has 0 bridgehead atoms. The maximum absolute atomic E-state index is 8.84. The zero-order valence-corrected chi connectivity index (χ0v) is 10.2. The minimum Gasteiger partial charge on any atom is -0.396 e. The molecule has 2 aromatic rings. The molecule has 0 aliphatic rings. The quantitative estimate of drug-likeness (QED) is 0.870. The summed E-state index contributed by atoms with van der Waals surface area (Å²) in [6.45, 7) is 2.05. The molecular formula is C12H12N4S. The summed E-state index contributed by atoms with van der Waals surface area (Å²) in [6, 6.07) is 7.65. The third kappa shape index (κ3) is 2.55. The van der Waals surface area contributed by atoms with E-state index in [1.54, 1.807) is 23.5 Å². The summed E-state index contributed by atoms with van der Waals surface area (Å²) in [5.41, 5.74) is 7.48. The van der Waals surface area contributed by atoms with Gasteiger partial charge in [-0.25, -0.2) is 4.98 Å². The fourth-order valence-corrected chi connectivity index (χ4v) is 2.22. The minimum absolute atomic E-state index is 0.156. The largest absolute Gasteiger partial charge is 0.396 e. The molecular weight excluding hydrogens is 232 g/mol. The van der Waals surface area contributed by atoms with Gasteiger partial charge in [-0.3, -0.25) is 0 Å². The van der Waals surface area contributed by atoms with Crippen LogP contribution in [0.15, 0.2) is 29.0 Å². The van der Waals surface area contributed by atoms with E-state index in [1.807, 2.05) is 18.4 Å². The van der Waals surface area contributed by atoms with Crippen LogP contribution in [0.2, 0.25) is 0 Å². The first-order valence-corrected chi connectivity index (χ1v) is 6.10. The van der Waals surface area contributed by atoms with E-state index in [4.69, 9.17) is 11.0 Å². The number of thiophene rings is 1. The summed E-state index contributed by atoms with van der Waals surface area (Å²) in [4.78, 5) is 4.15. The van der Waals surface area contributed by atoms with Gasteiger partial charge in [-0.05, 0) is 41.4 Å². The van der Waals surface area contributed by atoms with E-state index in [1.165, 1.54) is 5.56 Å². The number of hydrogen-bond donors (Lipinski definition) is 2. The molecule has 5 heteroatoms. The average Bonchev–Trinajstić information content (AvgIpc) is 2.85. The molecule has 3 N–H and O–H groups in total. The van der Waals surface area contributed by atoms with Gasteiger partial charge in [-0.2, -0.15) is 16.6 Å². The molecule has 86 valence electrons. The number of nitrogen functional groups attached to an aromatic ring is 1. The molecule has 0 saturated heterocycles. The predicted molar refractivity (Wildman–Crippen MR) is 69.7 cm³/mol. The number of pyridine rings is 1. The molecule has 4 nitrogen and oxygen atoms in total. The molecule has 0 radical (unpaired) electrons. The lowest BCUT2D eigenvalue weighted by molar-refractivity contribution is 0.879.